The van der Waals surface area contributed by atoms with Gasteiger partial charge in [-0.3, -0.25) is 0 Å². The highest BCUT2D eigenvalue weighted by Gasteiger charge is 2.37. The first-order chi connectivity index (χ1) is 7.07. The van der Waals surface area contributed by atoms with Crippen molar-refractivity contribution < 1.29 is 9.47 Å². The van der Waals surface area contributed by atoms with E-state index in [2.05, 4.69) is 38.6 Å². The van der Waals surface area contributed by atoms with Gasteiger partial charge in [0.15, 0.2) is 0 Å². The molecule has 82 valence electrons. The number of ether oxygens (including phenoxy) is 2. The van der Waals surface area contributed by atoms with Crippen LogP contribution in [0.1, 0.15) is 16.7 Å². The first-order valence-electron chi connectivity index (χ1n) is 5.03. The van der Waals surface area contributed by atoms with E-state index in [0.717, 1.165) is 16.9 Å². The lowest BCUT2D eigenvalue weighted by molar-refractivity contribution is -0.00974. The molecule has 15 heavy (non-hydrogen) atoms. The summed E-state index contributed by atoms with van der Waals surface area (Å²) in [5.74, 6) is 0.968. The minimum atomic E-state index is -0.0954. The second kappa shape index (κ2) is 3.72. The predicted octanol–water partition coefficient (Wildman–Crippen LogP) is 2.47. The number of rotatable bonds is 2. The van der Waals surface area contributed by atoms with Crippen LogP contribution in [-0.2, 0) is 9.48 Å². The van der Waals surface area contributed by atoms with Crippen molar-refractivity contribution in [3.05, 3.63) is 28.8 Å². The third-order valence-electron chi connectivity index (χ3n) is 2.88. The molecule has 0 amide bonds. The predicted molar refractivity (Wildman–Crippen MR) is 64.0 cm³/mol. The van der Waals surface area contributed by atoms with E-state index in [1.165, 1.54) is 5.56 Å². The quantitative estimate of drug-likeness (QED) is 0.778. The number of hydrogen-bond donors (Lipinski definition) is 1. The highest BCUT2D eigenvalue weighted by molar-refractivity contribution is 7.81. The molecule has 0 aliphatic carbocycles. The van der Waals surface area contributed by atoms with Crippen LogP contribution in [0, 0.1) is 13.8 Å². The van der Waals surface area contributed by atoms with Gasteiger partial charge in [-0.05, 0) is 30.5 Å². The Morgan fingerprint density at radius 3 is 2.13 bits per heavy atom. The number of methoxy groups -OCH3 is 1. The summed E-state index contributed by atoms with van der Waals surface area (Å²) in [7, 11) is 1.71. The van der Waals surface area contributed by atoms with Crippen molar-refractivity contribution in [1.82, 2.24) is 0 Å². The molecular weight excluding hydrogens is 208 g/mol. The lowest BCUT2D eigenvalue weighted by Gasteiger charge is -2.38. The molecule has 0 atom stereocenters. The molecule has 1 heterocycles. The fourth-order valence-electron chi connectivity index (χ4n) is 2.00. The van der Waals surface area contributed by atoms with E-state index in [-0.39, 0.29) is 4.75 Å². The number of benzene rings is 1. The summed E-state index contributed by atoms with van der Waals surface area (Å²) in [6, 6.07) is 4.28. The Balaban J connectivity index is 2.43. The molecule has 0 bridgehead atoms. The Morgan fingerprint density at radius 1 is 1.27 bits per heavy atom. The Morgan fingerprint density at radius 2 is 1.80 bits per heavy atom. The van der Waals surface area contributed by atoms with Crippen LogP contribution in [0.3, 0.4) is 0 Å². The first-order valence-corrected chi connectivity index (χ1v) is 5.47. The molecule has 1 aromatic rings. The van der Waals surface area contributed by atoms with E-state index in [1.807, 2.05) is 0 Å². The van der Waals surface area contributed by atoms with Crippen molar-refractivity contribution in [3.63, 3.8) is 0 Å². The molecule has 1 aliphatic rings. The lowest BCUT2D eigenvalue weighted by Crippen LogP contribution is -2.41. The van der Waals surface area contributed by atoms with E-state index < -0.39 is 0 Å². The van der Waals surface area contributed by atoms with Crippen molar-refractivity contribution in [2.45, 2.75) is 18.6 Å². The van der Waals surface area contributed by atoms with Crippen molar-refractivity contribution >= 4 is 12.6 Å². The van der Waals surface area contributed by atoms with Crippen LogP contribution in [0.15, 0.2) is 12.1 Å². The zero-order chi connectivity index (χ0) is 11.1. The Kier molecular flexibility index (Phi) is 2.69. The van der Waals surface area contributed by atoms with Crippen molar-refractivity contribution in [3.8, 4) is 5.75 Å². The topological polar surface area (TPSA) is 18.5 Å². The van der Waals surface area contributed by atoms with Crippen LogP contribution in [0.2, 0.25) is 0 Å². The van der Waals surface area contributed by atoms with Crippen LogP contribution in [0.5, 0.6) is 5.75 Å². The molecule has 0 saturated carbocycles. The van der Waals surface area contributed by atoms with E-state index in [0.29, 0.717) is 13.2 Å². The molecule has 1 aromatic carbocycles. The molecule has 0 N–H and O–H groups in total. The SMILES string of the molecule is COc1c(C)cc(C2(S)COC2)cc1C. The molecule has 1 fully saturated rings. The third kappa shape index (κ3) is 1.74. The van der Waals surface area contributed by atoms with Crippen molar-refractivity contribution in [2.24, 2.45) is 0 Å². The Hall–Kier alpha value is -0.670. The summed E-state index contributed by atoms with van der Waals surface area (Å²) in [6.45, 7) is 5.51. The third-order valence-corrected chi connectivity index (χ3v) is 3.40. The van der Waals surface area contributed by atoms with Gasteiger partial charge in [0.25, 0.3) is 0 Å². The second-order valence-electron chi connectivity index (χ2n) is 4.17. The molecule has 3 heteroatoms. The molecule has 2 rings (SSSR count). The van der Waals surface area contributed by atoms with Crippen LogP contribution >= 0.6 is 12.6 Å². The molecule has 1 aliphatic heterocycles. The van der Waals surface area contributed by atoms with Gasteiger partial charge in [-0.15, -0.1) is 0 Å². The zero-order valence-corrected chi connectivity index (χ0v) is 10.2. The normalized spacial score (nSPS) is 18.4. The Bertz CT molecular complexity index is 360. The van der Waals surface area contributed by atoms with Gasteiger partial charge < -0.3 is 9.47 Å². The molecule has 0 unspecified atom stereocenters. The lowest BCUT2D eigenvalue weighted by atomic mass is 9.92. The van der Waals surface area contributed by atoms with E-state index >= 15 is 0 Å². The summed E-state index contributed by atoms with van der Waals surface area (Å²) in [5.41, 5.74) is 3.55. The van der Waals surface area contributed by atoms with Crippen LogP contribution in [0.4, 0.5) is 0 Å². The standard InChI is InChI=1S/C12H16O2S/c1-8-4-10(12(15)6-14-7-12)5-9(2)11(8)13-3/h4-5,15H,6-7H2,1-3H3. The van der Waals surface area contributed by atoms with Crippen LogP contribution < -0.4 is 4.74 Å². The van der Waals surface area contributed by atoms with Gasteiger partial charge in [0.1, 0.15) is 5.75 Å². The number of hydrogen-bond acceptors (Lipinski definition) is 3. The summed E-state index contributed by atoms with van der Waals surface area (Å²) >= 11 is 4.66. The van der Waals surface area contributed by atoms with Crippen molar-refractivity contribution in [1.29, 1.82) is 0 Å². The largest absolute Gasteiger partial charge is 0.496 e. The average molecular weight is 224 g/mol. The maximum absolute atomic E-state index is 5.34. The summed E-state index contributed by atoms with van der Waals surface area (Å²) in [5, 5.41) is 0. The highest BCUT2D eigenvalue weighted by atomic mass is 32.1. The van der Waals surface area contributed by atoms with Gasteiger partial charge in [0.2, 0.25) is 0 Å². The minimum absolute atomic E-state index is 0.0954. The highest BCUT2D eigenvalue weighted by Crippen LogP contribution is 2.38. The molecule has 1 saturated heterocycles. The summed E-state index contributed by atoms with van der Waals surface area (Å²) < 4.78 is 10.5. The molecule has 0 radical (unpaired) electrons. The fourth-order valence-corrected chi connectivity index (χ4v) is 2.31. The smallest absolute Gasteiger partial charge is 0.124 e. The average Bonchev–Trinajstić information content (AvgIpc) is 2.13. The van der Waals surface area contributed by atoms with Crippen molar-refractivity contribution in [2.75, 3.05) is 20.3 Å². The maximum atomic E-state index is 5.34. The Labute approximate surface area is 96.0 Å². The molecule has 0 aromatic heterocycles. The van der Waals surface area contributed by atoms with Gasteiger partial charge in [-0.2, -0.15) is 12.6 Å². The van der Waals surface area contributed by atoms with Gasteiger partial charge in [-0.1, -0.05) is 12.1 Å². The molecule has 0 spiro atoms. The molecular formula is C12H16O2S. The number of thiol groups is 1. The van der Waals surface area contributed by atoms with Gasteiger partial charge in [-0.25, -0.2) is 0 Å². The zero-order valence-electron chi connectivity index (χ0n) is 9.33. The molecule has 2 nitrogen and oxygen atoms in total. The van der Waals surface area contributed by atoms with E-state index in [4.69, 9.17) is 9.47 Å². The van der Waals surface area contributed by atoms with Crippen LogP contribution in [-0.4, -0.2) is 20.3 Å². The van der Waals surface area contributed by atoms with Gasteiger partial charge in [0, 0.05) is 0 Å². The number of aryl methyl sites for hydroxylation is 2. The summed E-state index contributed by atoms with van der Waals surface area (Å²) in [6.07, 6.45) is 0. The van der Waals surface area contributed by atoms with E-state index in [1.54, 1.807) is 7.11 Å². The monoisotopic (exact) mass is 224 g/mol. The minimum Gasteiger partial charge on any atom is -0.496 e. The first kappa shape index (κ1) is 10.8. The van der Waals surface area contributed by atoms with Crippen LogP contribution in [0.25, 0.3) is 0 Å². The van der Waals surface area contributed by atoms with E-state index in [9.17, 15) is 0 Å². The fraction of sp³-hybridized carbons (Fsp3) is 0.500. The second-order valence-corrected chi connectivity index (χ2v) is 5.02. The summed E-state index contributed by atoms with van der Waals surface area (Å²) in [4.78, 5) is 0. The maximum Gasteiger partial charge on any atom is 0.124 e. The van der Waals surface area contributed by atoms with Gasteiger partial charge in [0.05, 0.1) is 25.1 Å². The van der Waals surface area contributed by atoms with Gasteiger partial charge >= 0.3 is 0 Å².